The van der Waals surface area contributed by atoms with Crippen LogP contribution in [0.15, 0.2) is 54.7 Å². The minimum Gasteiger partial charge on any atom is -0.320 e. The zero-order chi connectivity index (χ0) is 18.1. The molecule has 1 amide bonds. The summed E-state index contributed by atoms with van der Waals surface area (Å²) < 4.78 is 4.32. The van der Waals surface area contributed by atoms with E-state index in [1.165, 1.54) is 5.82 Å². The molecule has 1 aliphatic heterocycles. The highest BCUT2D eigenvalue weighted by molar-refractivity contribution is 6.39. The van der Waals surface area contributed by atoms with E-state index in [0.29, 0.717) is 15.7 Å². The minimum absolute atomic E-state index is 0.148. The number of hydrogen-bond acceptors (Lipinski definition) is 1. The third-order valence-electron chi connectivity index (χ3n) is 4.60. The molecule has 0 unspecified atom stereocenters. The fourth-order valence-corrected chi connectivity index (χ4v) is 3.93. The largest absolute Gasteiger partial charge is 0.320 e. The number of fused-ring (bicyclic) bond motifs is 1. The molecule has 0 saturated heterocycles. The van der Waals surface area contributed by atoms with Gasteiger partial charge in [-0.2, -0.15) is 0 Å². The number of rotatable bonds is 4. The second-order valence-electron chi connectivity index (χ2n) is 6.32. The molecule has 3 aromatic rings. The molecule has 1 aliphatic rings. The molecule has 0 bridgehead atoms. The highest BCUT2D eigenvalue weighted by atomic mass is 35.5. The summed E-state index contributed by atoms with van der Waals surface area (Å²) in [6.07, 6.45) is 4.11. The Morgan fingerprint density at radius 3 is 2.54 bits per heavy atom. The first-order valence-electron chi connectivity index (χ1n) is 8.54. The van der Waals surface area contributed by atoms with Gasteiger partial charge in [-0.3, -0.25) is 4.79 Å². The van der Waals surface area contributed by atoms with E-state index >= 15 is 0 Å². The number of imidazole rings is 1. The van der Waals surface area contributed by atoms with Gasteiger partial charge in [0.05, 0.1) is 28.7 Å². The lowest BCUT2D eigenvalue weighted by Gasteiger charge is -2.08. The van der Waals surface area contributed by atoms with Crippen molar-refractivity contribution in [1.82, 2.24) is 4.57 Å². The monoisotopic (exact) mass is 386 g/mol. The number of halogens is 2. The van der Waals surface area contributed by atoms with Crippen LogP contribution in [0.25, 0.3) is 11.3 Å². The van der Waals surface area contributed by atoms with Crippen LogP contribution in [0.5, 0.6) is 0 Å². The summed E-state index contributed by atoms with van der Waals surface area (Å²) in [5.74, 6) is 1.02. The van der Waals surface area contributed by atoms with Crippen LogP contribution in [0.4, 0.5) is 5.69 Å². The molecule has 0 fully saturated rings. The van der Waals surface area contributed by atoms with Gasteiger partial charge in [0.15, 0.2) is 12.2 Å². The number of carbonyl (C=O) groups is 1. The molecule has 1 N–H and O–H groups in total. The van der Waals surface area contributed by atoms with E-state index in [2.05, 4.69) is 28.2 Å². The Bertz CT molecular complexity index is 946. The maximum absolute atomic E-state index is 12.6. The van der Waals surface area contributed by atoms with E-state index in [1.54, 1.807) is 18.2 Å². The zero-order valence-electron chi connectivity index (χ0n) is 14.1. The zero-order valence-corrected chi connectivity index (χ0v) is 15.6. The average Bonchev–Trinajstić information content (AvgIpc) is 3.23. The summed E-state index contributed by atoms with van der Waals surface area (Å²) in [7, 11) is 0. The van der Waals surface area contributed by atoms with Crippen molar-refractivity contribution < 1.29 is 9.36 Å². The summed E-state index contributed by atoms with van der Waals surface area (Å²) in [4.78, 5) is 12.6. The Labute approximate surface area is 162 Å². The van der Waals surface area contributed by atoms with Crippen molar-refractivity contribution in [1.29, 1.82) is 0 Å². The Kier molecular flexibility index (Phi) is 4.70. The van der Waals surface area contributed by atoms with Crippen molar-refractivity contribution in [3.63, 3.8) is 0 Å². The van der Waals surface area contributed by atoms with Gasteiger partial charge in [-0.25, -0.2) is 9.13 Å². The second kappa shape index (κ2) is 7.14. The van der Waals surface area contributed by atoms with Gasteiger partial charge < -0.3 is 5.32 Å². The van der Waals surface area contributed by atoms with Crippen LogP contribution in [0, 0.1) is 0 Å². The van der Waals surface area contributed by atoms with Gasteiger partial charge in [-0.05, 0) is 18.6 Å². The summed E-state index contributed by atoms with van der Waals surface area (Å²) in [5, 5.41) is 3.70. The van der Waals surface area contributed by atoms with E-state index in [1.807, 2.05) is 22.8 Å². The van der Waals surface area contributed by atoms with Gasteiger partial charge in [0.1, 0.15) is 6.20 Å². The maximum atomic E-state index is 12.6. The number of amides is 1. The van der Waals surface area contributed by atoms with E-state index in [9.17, 15) is 4.79 Å². The van der Waals surface area contributed by atoms with Crippen molar-refractivity contribution in [3.8, 4) is 11.3 Å². The number of nitrogens with one attached hydrogen (secondary N) is 1. The van der Waals surface area contributed by atoms with E-state index in [4.69, 9.17) is 23.2 Å². The van der Waals surface area contributed by atoms with Gasteiger partial charge >= 0.3 is 0 Å². The van der Waals surface area contributed by atoms with Gasteiger partial charge in [-0.1, -0.05) is 59.6 Å². The molecule has 6 heteroatoms. The summed E-state index contributed by atoms with van der Waals surface area (Å²) in [6, 6.07) is 15.4. The Morgan fingerprint density at radius 1 is 1.08 bits per heavy atom. The van der Waals surface area contributed by atoms with Gasteiger partial charge in [0, 0.05) is 5.56 Å². The van der Waals surface area contributed by atoms with Crippen molar-refractivity contribution in [3.05, 3.63) is 70.6 Å². The first-order chi connectivity index (χ1) is 12.6. The first kappa shape index (κ1) is 17.1. The molecule has 0 aliphatic carbocycles. The number of nitrogens with zero attached hydrogens (tertiary/aromatic N) is 2. The van der Waals surface area contributed by atoms with Crippen LogP contribution in [0.3, 0.4) is 0 Å². The van der Waals surface area contributed by atoms with Crippen LogP contribution in [-0.4, -0.2) is 10.5 Å². The smallest absolute Gasteiger partial charge is 0.266 e. The van der Waals surface area contributed by atoms with Crippen molar-refractivity contribution in [2.45, 2.75) is 25.9 Å². The molecular weight excluding hydrogens is 369 g/mol. The molecule has 2 aromatic carbocycles. The molecule has 0 spiro atoms. The molecule has 132 valence electrons. The molecule has 2 heterocycles. The fourth-order valence-electron chi connectivity index (χ4n) is 3.44. The Balaban J connectivity index is 1.60. The summed E-state index contributed by atoms with van der Waals surface area (Å²) >= 11 is 12.3. The molecule has 0 saturated carbocycles. The molecule has 4 rings (SSSR count). The molecule has 1 aromatic heterocycles. The van der Waals surface area contributed by atoms with Crippen LogP contribution in [0.2, 0.25) is 10.0 Å². The predicted molar refractivity (Wildman–Crippen MR) is 103 cm³/mol. The molecule has 0 atom stereocenters. The van der Waals surface area contributed by atoms with E-state index in [0.717, 1.165) is 30.6 Å². The molecule has 26 heavy (non-hydrogen) atoms. The van der Waals surface area contributed by atoms with Crippen molar-refractivity contribution in [2.24, 2.45) is 0 Å². The Hall–Kier alpha value is -2.30. The van der Waals surface area contributed by atoms with Crippen LogP contribution in [-0.2, 0) is 24.3 Å². The third-order valence-corrected chi connectivity index (χ3v) is 5.23. The van der Waals surface area contributed by atoms with Crippen LogP contribution >= 0.6 is 23.2 Å². The number of benzene rings is 2. The Morgan fingerprint density at radius 2 is 1.81 bits per heavy atom. The summed E-state index contributed by atoms with van der Waals surface area (Å²) in [6.45, 7) is 1.20. The topological polar surface area (TPSA) is 37.9 Å². The highest BCUT2D eigenvalue weighted by Crippen LogP contribution is 2.30. The lowest BCUT2D eigenvalue weighted by molar-refractivity contribution is -0.690. The third kappa shape index (κ3) is 3.22. The molecular formula is C20H18Cl2N3O+. The normalized spacial score (nSPS) is 12.8. The van der Waals surface area contributed by atoms with Crippen LogP contribution < -0.4 is 9.88 Å². The van der Waals surface area contributed by atoms with E-state index < -0.39 is 0 Å². The number of para-hydroxylation sites is 1. The lowest BCUT2D eigenvalue weighted by atomic mass is 10.2. The fraction of sp³-hybridized carbons (Fsp3) is 0.200. The second-order valence-corrected chi connectivity index (χ2v) is 7.14. The SMILES string of the molecule is O=C(C[n+]1cc(-c2ccccc2)n2c1CCC2)Nc1c(Cl)cccc1Cl. The first-order valence-corrected chi connectivity index (χ1v) is 9.30. The summed E-state index contributed by atoms with van der Waals surface area (Å²) in [5.41, 5.74) is 2.76. The van der Waals surface area contributed by atoms with Gasteiger partial charge in [-0.15, -0.1) is 0 Å². The maximum Gasteiger partial charge on any atom is 0.266 e. The van der Waals surface area contributed by atoms with Crippen LogP contribution in [0.1, 0.15) is 12.2 Å². The number of aromatic nitrogens is 2. The van der Waals surface area contributed by atoms with Gasteiger partial charge in [0.25, 0.3) is 11.7 Å². The highest BCUT2D eigenvalue weighted by Gasteiger charge is 2.29. The predicted octanol–water partition coefficient (Wildman–Crippen LogP) is 4.33. The van der Waals surface area contributed by atoms with Crippen molar-refractivity contribution >= 4 is 34.8 Å². The number of carbonyl (C=O) groups excluding carboxylic acids is 1. The standard InChI is InChI=1S/C20H17Cl2N3O/c21-15-8-4-9-16(22)20(15)23-18(26)13-24-12-17(14-6-2-1-3-7-14)25-11-5-10-19(24)25/h1-4,6-9,12H,5,10-11,13H2/p+1. The lowest BCUT2D eigenvalue weighted by Crippen LogP contribution is -2.42. The number of hydrogen-bond donors (Lipinski definition) is 1. The van der Waals surface area contributed by atoms with Crippen molar-refractivity contribution in [2.75, 3.05) is 5.32 Å². The molecule has 4 nitrogen and oxygen atoms in total. The number of anilines is 1. The minimum atomic E-state index is -0.148. The van der Waals surface area contributed by atoms with Gasteiger partial charge in [0.2, 0.25) is 0 Å². The quantitative estimate of drug-likeness (QED) is 0.665. The average molecular weight is 387 g/mol. The molecule has 0 radical (unpaired) electrons. The van der Waals surface area contributed by atoms with E-state index in [-0.39, 0.29) is 12.5 Å².